The first-order valence-electron chi connectivity index (χ1n) is 10.8. The summed E-state index contributed by atoms with van der Waals surface area (Å²) in [4.78, 5) is 47.1. The van der Waals surface area contributed by atoms with Crippen LogP contribution in [0.5, 0.6) is 0 Å². The summed E-state index contributed by atoms with van der Waals surface area (Å²) in [7, 11) is 0. The molecule has 2 bridgehead atoms. The average Bonchev–Trinajstić information content (AvgIpc) is 3.01. The van der Waals surface area contributed by atoms with Gasteiger partial charge in [-0.25, -0.2) is 4.79 Å². The molecule has 30 heavy (non-hydrogen) atoms. The van der Waals surface area contributed by atoms with Crippen molar-refractivity contribution in [2.75, 3.05) is 26.2 Å². The van der Waals surface area contributed by atoms with Crippen molar-refractivity contribution in [3.63, 3.8) is 0 Å². The molecule has 3 saturated heterocycles. The zero-order valence-electron chi connectivity index (χ0n) is 17.5. The summed E-state index contributed by atoms with van der Waals surface area (Å²) in [6.45, 7) is 4.47. The average molecular weight is 415 g/mol. The standard InChI is InChI=1S/C22H30N4O4/c1-16-9-11-24(12-10-16)20(27)13-23-21(28)19-8-7-18-14-25(19)22(29)26(18)30-15-17-5-3-2-4-6-17/h2-6,16,18-19H,7-15H2,1H3,(H,23,28)/t18-,19+/m1/s1. The van der Waals surface area contributed by atoms with Crippen molar-refractivity contribution >= 4 is 17.8 Å². The molecule has 3 aliphatic heterocycles. The van der Waals surface area contributed by atoms with Gasteiger partial charge in [0.2, 0.25) is 11.8 Å². The van der Waals surface area contributed by atoms with E-state index in [4.69, 9.17) is 4.84 Å². The lowest BCUT2D eigenvalue weighted by atomic mass is 9.99. The Morgan fingerprint density at radius 3 is 2.57 bits per heavy atom. The molecule has 162 valence electrons. The molecule has 3 aliphatic rings. The van der Waals surface area contributed by atoms with Crippen LogP contribution in [0.4, 0.5) is 4.79 Å². The molecule has 1 aromatic rings. The Kier molecular flexibility index (Phi) is 6.22. The highest BCUT2D eigenvalue weighted by atomic mass is 16.7. The highest BCUT2D eigenvalue weighted by molar-refractivity contribution is 5.91. The predicted molar refractivity (Wildman–Crippen MR) is 110 cm³/mol. The molecule has 3 heterocycles. The maximum absolute atomic E-state index is 12.8. The smallest absolute Gasteiger partial charge is 0.345 e. The molecular weight excluding hydrogens is 384 g/mol. The first-order valence-corrected chi connectivity index (χ1v) is 10.8. The van der Waals surface area contributed by atoms with Crippen LogP contribution in [0.15, 0.2) is 30.3 Å². The molecule has 3 fully saturated rings. The Morgan fingerprint density at radius 1 is 1.10 bits per heavy atom. The Balaban J connectivity index is 1.28. The van der Waals surface area contributed by atoms with Gasteiger partial charge in [-0.2, -0.15) is 5.06 Å². The molecule has 8 heteroatoms. The summed E-state index contributed by atoms with van der Waals surface area (Å²) in [6.07, 6.45) is 3.28. The first kappa shape index (κ1) is 20.7. The van der Waals surface area contributed by atoms with Gasteiger partial charge < -0.3 is 15.1 Å². The third kappa shape index (κ3) is 4.43. The van der Waals surface area contributed by atoms with Crippen molar-refractivity contribution in [1.82, 2.24) is 20.2 Å². The lowest BCUT2D eigenvalue weighted by molar-refractivity contribution is -0.140. The second-order valence-corrected chi connectivity index (χ2v) is 8.55. The van der Waals surface area contributed by atoms with Gasteiger partial charge in [0.15, 0.2) is 0 Å². The van der Waals surface area contributed by atoms with Crippen LogP contribution in [0, 0.1) is 5.92 Å². The van der Waals surface area contributed by atoms with Crippen LogP contribution in [-0.2, 0) is 21.0 Å². The number of urea groups is 1. The minimum Gasteiger partial charge on any atom is -0.345 e. The molecule has 0 radical (unpaired) electrons. The van der Waals surface area contributed by atoms with E-state index in [2.05, 4.69) is 12.2 Å². The van der Waals surface area contributed by atoms with Gasteiger partial charge >= 0.3 is 6.03 Å². The van der Waals surface area contributed by atoms with Crippen molar-refractivity contribution in [3.05, 3.63) is 35.9 Å². The fraction of sp³-hybridized carbons (Fsp3) is 0.591. The Bertz CT molecular complexity index is 779. The number of piperidine rings is 2. The number of hydrogen-bond acceptors (Lipinski definition) is 4. The number of carbonyl (C=O) groups excluding carboxylic acids is 3. The number of benzene rings is 1. The van der Waals surface area contributed by atoms with Crippen LogP contribution in [0.25, 0.3) is 0 Å². The number of fused-ring (bicyclic) bond motifs is 2. The quantitative estimate of drug-likeness (QED) is 0.769. The molecule has 0 aromatic heterocycles. The highest BCUT2D eigenvalue weighted by Gasteiger charge is 2.47. The molecular formula is C22H30N4O4. The van der Waals surface area contributed by atoms with Crippen molar-refractivity contribution in [2.45, 2.75) is 51.3 Å². The van der Waals surface area contributed by atoms with Crippen LogP contribution < -0.4 is 5.32 Å². The van der Waals surface area contributed by atoms with Crippen molar-refractivity contribution in [3.8, 4) is 0 Å². The molecule has 4 amide bonds. The minimum absolute atomic E-state index is 0.0105. The van der Waals surface area contributed by atoms with E-state index in [1.807, 2.05) is 35.2 Å². The largest absolute Gasteiger partial charge is 0.345 e. The van der Waals surface area contributed by atoms with Crippen LogP contribution in [0.3, 0.4) is 0 Å². The van der Waals surface area contributed by atoms with Gasteiger partial charge in [-0.1, -0.05) is 37.3 Å². The van der Waals surface area contributed by atoms with Gasteiger partial charge in [-0.15, -0.1) is 0 Å². The van der Waals surface area contributed by atoms with E-state index in [9.17, 15) is 14.4 Å². The van der Waals surface area contributed by atoms with E-state index in [0.717, 1.165) is 31.5 Å². The Morgan fingerprint density at radius 2 is 1.83 bits per heavy atom. The summed E-state index contributed by atoms with van der Waals surface area (Å²) >= 11 is 0. The zero-order valence-corrected chi connectivity index (χ0v) is 17.5. The number of hydrogen-bond donors (Lipinski definition) is 1. The van der Waals surface area contributed by atoms with E-state index in [1.54, 1.807) is 4.90 Å². The number of amides is 4. The Hall–Kier alpha value is -2.61. The molecule has 1 aromatic carbocycles. The lowest BCUT2D eigenvalue weighted by Crippen LogP contribution is -2.52. The van der Waals surface area contributed by atoms with Gasteiger partial charge in [0.25, 0.3) is 0 Å². The molecule has 2 atom stereocenters. The highest BCUT2D eigenvalue weighted by Crippen LogP contribution is 2.30. The summed E-state index contributed by atoms with van der Waals surface area (Å²) in [5.74, 6) is 0.335. The molecule has 1 N–H and O–H groups in total. The van der Waals surface area contributed by atoms with E-state index < -0.39 is 6.04 Å². The van der Waals surface area contributed by atoms with Gasteiger partial charge in [0.1, 0.15) is 12.6 Å². The second kappa shape index (κ2) is 9.04. The van der Waals surface area contributed by atoms with Crippen LogP contribution in [-0.4, -0.2) is 71.0 Å². The van der Waals surface area contributed by atoms with E-state index in [0.29, 0.717) is 31.9 Å². The van der Waals surface area contributed by atoms with E-state index in [1.165, 1.54) is 5.06 Å². The molecule has 4 rings (SSSR count). The van der Waals surface area contributed by atoms with Crippen LogP contribution >= 0.6 is 0 Å². The third-order valence-electron chi connectivity index (χ3n) is 6.39. The van der Waals surface area contributed by atoms with Gasteiger partial charge in [-0.05, 0) is 37.2 Å². The fourth-order valence-electron chi connectivity index (χ4n) is 4.44. The van der Waals surface area contributed by atoms with Gasteiger partial charge in [0, 0.05) is 19.6 Å². The third-order valence-corrected chi connectivity index (χ3v) is 6.39. The maximum Gasteiger partial charge on any atom is 0.345 e. The normalized spacial score (nSPS) is 24.3. The summed E-state index contributed by atoms with van der Waals surface area (Å²) in [6, 6.07) is 8.83. The predicted octanol–water partition coefficient (Wildman–Crippen LogP) is 1.76. The second-order valence-electron chi connectivity index (χ2n) is 8.55. The summed E-state index contributed by atoms with van der Waals surface area (Å²) < 4.78 is 0. The Labute approximate surface area is 177 Å². The summed E-state index contributed by atoms with van der Waals surface area (Å²) in [5, 5.41) is 4.17. The summed E-state index contributed by atoms with van der Waals surface area (Å²) in [5.41, 5.74) is 0.988. The molecule has 0 spiro atoms. The number of nitrogens with zero attached hydrogens (tertiary/aromatic N) is 3. The monoisotopic (exact) mass is 414 g/mol. The van der Waals surface area contributed by atoms with E-state index in [-0.39, 0.29) is 30.4 Å². The lowest BCUT2D eigenvalue weighted by Gasteiger charge is -2.31. The van der Waals surface area contributed by atoms with Crippen molar-refractivity contribution in [1.29, 1.82) is 0 Å². The molecule has 8 nitrogen and oxygen atoms in total. The van der Waals surface area contributed by atoms with E-state index >= 15 is 0 Å². The van der Waals surface area contributed by atoms with Gasteiger partial charge in [-0.3, -0.25) is 14.4 Å². The molecule has 0 saturated carbocycles. The number of nitrogens with one attached hydrogen (secondary N) is 1. The fourth-order valence-corrected chi connectivity index (χ4v) is 4.44. The number of hydroxylamine groups is 2. The van der Waals surface area contributed by atoms with Crippen LogP contribution in [0.1, 0.15) is 38.2 Å². The van der Waals surface area contributed by atoms with Crippen LogP contribution in [0.2, 0.25) is 0 Å². The number of likely N-dealkylation sites (tertiary alicyclic amines) is 1. The SMILES string of the molecule is CC1CCN(C(=O)CNC(=O)[C@@H]2CC[C@@H]3CN2C(=O)N3OCc2ccccc2)CC1. The van der Waals surface area contributed by atoms with Crippen molar-refractivity contribution < 1.29 is 19.2 Å². The number of rotatable bonds is 6. The molecule has 0 aliphatic carbocycles. The first-order chi connectivity index (χ1) is 14.5. The van der Waals surface area contributed by atoms with Crippen molar-refractivity contribution in [2.24, 2.45) is 5.92 Å². The van der Waals surface area contributed by atoms with Gasteiger partial charge in [0.05, 0.1) is 12.6 Å². The maximum atomic E-state index is 12.8. The zero-order chi connectivity index (χ0) is 21.1. The topological polar surface area (TPSA) is 82.2 Å². The number of carbonyl (C=O) groups is 3. The minimum atomic E-state index is -0.548. The molecule has 0 unspecified atom stereocenters.